The number of aromatic nitrogens is 1. The number of amides is 1. The summed E-state index contributed by atoms with van der Waals surface area (Å²) in [6.07, 6.45) is 18.5. The van der Waals surface area contributed by atoms with E-state index in [1.807, 2.05) is 24.5 Å². The number of nitrogens with one attached hydrogen (secondary N) is 1. The highest BCUT2D eigenvalue weighted by molar-refractivity contribution is 5.76. The number of aliphatic hydroxyl groups excluding tert-OH is 1. The largest absolute Gasteiger partial charge is 0.393 e. The molecule has 1 aliphatic heterocycles. The van der Waals surface area contributed by atoms with Gasteiger partial charge in [0.2, 0.25) is 5.91 Å². The molecular weight excluding hydrogens is 470 g/mol. The summed E-state index contributed by atoms with van der Waals surface area (Å²) in [7, 11) is 0. The van der Waals surface area contributed by atoms with Crippen molar-refractivity contribution in [2.24, 2.45) is 40.4 Å². The monoisotopic (exact) mass is 519 g/mol. The number of aliphatic hydroxyl groups is 1. The predicted octanol–water partition coefficient (Wildman–Crippen LogP) is 6.45. The Kier molecular flexibility index (Phi) is 7.12. The molecule has 208 valence electrons. The number of likely N-dealkylation sites (tertiary alicyclic amines) is 1. The first kappa shape index (κ1) is 26.3. The Bertz CT molecular complexity index is 1040. The van der Waals surface area contributed by atoms with Crippen molar-refractivity contribution >= 4 is 11.6 Å². The number of carbonyl (C=O) groups excluding carboxylic acids is 1. The first-order valence-corrected chi connectivity index (χ1v) is 15.6. The molecule has 5 heteroatoms. The molecule has 3 saturated carbocycles. The number of hydrogen-bond acceptors (Lipinski definition) is 4. The Labute approximate surface area is 229 Å². The molecular formula is C33H49N3O2. The van der Waals surface area contributed by atoms with Crippen molar-refractivity contribution < 1.29 is 9.90 Å². The molecule has 0 radical (unpaired) electrons. The van der Waals surface area contributed by atoms with Gasteiger partial charge in [0.15, 0.2) is 0 Å². The average molecular weight is 520 g/mol. The van der Waals surface area contributed by atoms with Crippen LogP contribution in [0.4, 0.5) is 5.69 Å². The van der Waals surface area contributed by atoms with Crippen molar-refractivity contribution in [3.8, 4) is 0 Å². The minimum absolute atomic E-state index is 0.122. The summed E-state index contributed by atoms with van der Waals surface area (Å²) >= 11 is 0. The third-order valence-corrected chi connectivity index (χ3v) is 12.2. The van der Waals surface area contributed by atoms with Gasteiger partial charge in [0.1, 0.15) is 0 Å². The fraction of sp³-hybridized carbons (Fsp3) is 0.758. The Morgan fingerprint density at radius 3 is 2.76 bits per heavy atom. The van der Waals surface area contributed by atoms with Gasteiger partial charge in [0.25, 0.3) is 0 Å². The summed E-state index contributed by atoms with van der Waals surface area (Å²) < 4.78 is 0. The van der Waals surface area contributed by atoms with Crippen LogP contribution in [0, 0.1) is 40.4 Å². The molecule has 2 N–H and O–H groups in total. The Hall–Kier alpha value is -1.88. The van der Waals surface area contributed by atoms with Gasteiger partial charge in [-0.05, 0) is 117 Å². The molecule has 6 rings (SSSR count). The van der Waals surface area contributed by atoms with Crippen LogP contribution in [0.1, 0.15) is 91.4 Å². The van der Waals surface area contributed by atoms with Crippen molar-refractivity contribution in [1.29, 1.82) is 0 Å². The van der Waals surface area contributed by atoms with Crippen molar-refractivity contribution in [1.82, 2.24) is 9.88 Å². The molecule has 1 aromatic heterocycles. The van der Waals surface area contributed by atoms with Gasteiger partial charge in [-0.15, -0.1) is 0 Å². The fourth-order valence-electron chi connectivity index (χ4n) is 10.1. The van der Waals surface area contributed by atoms with Crippen LogP contribution in [0.25, 0.3) is 0 Å². The van der Waals surface area contributed by atoms with Gasteiger partial charge in [-0.25, -0.2) is 0 Å². The molecule has 9 atom stereocenters. The van der Waals surface area contributed by atoms with Gasteiger partial charge in [-0.3, -0.25) is 9.78 Å². The quantitative estimate of drug-likeness (QED) is 0.424. The highest BCUT2D eigenvalue weighted by atomic mass is 16.3. The van der Waals surface area contributed by atoms with Gasteiger partial charge in [0, 0.05) is 43.6 Å². The zero-order valence-electron chi connectivity index (χ0n) is 23.9. The third-order valence-electron chi connectivity index (χ3n) is 12.2. The maximum atomic E-state index is 13.2. The number of rotatable bonds is 6. The summed E-state index contributed by atoms with van der Waals surface area (Å²) in [6, 6.07) is 4.33. The smallest absolute Gasteiger partial charge is 0.222 e. The van der Waals surface area contributed by atoms with Crippen LogP contribution in [0.3, 0.4) is 0 Å². The normalized spacial score (nSPS) is 41.1. The lowest BCUT2D eigenvalue weighted by atomic mass is 9.47. The molecule has 1 amide bonds. The van der Waals surface area contributed by atoms with Crippen molar-refractivity contribution in [3.05, 3.63) is 36.2 Å². The molecule has 1 aromatic rings. The number of carbonyl (C=O) groups is 1. The van der Waals surface area contributed by atoms with E-state index in [1.165, 1.54) is 38.5 Å². The molecule has 5 aliphatic rings. The van der Waals surface area contributed by atoms with E-state index in [0.717, 1.165) is 68.1 Å². The maximum absolute atomic E-state index is 13.2. The Morgan fingerprint density at radius 2 is 1.95 bits per heavy atom. The number of anilines is 1. The third kappa shape index (κ3) is 4.61. The van der Waals surface area contributed by atoms with Crippen LogP contribution in [0.15, 0.2) is 36.2 Å². The van der Waals surface area contributed by atoms with E-state index in [1.54, 1.807) is 5.57 Å². The molecule has 0 spiro atoms. The lowest BCUT2D eigenvalue weighted by Crippen LogP contribution is -2.50. The molecule has 4 aliphatic carbocycles. The number of nitrogens with zero attached hydrogens (tertiary/aromatic N) is 2. The molecule has 0 aromatic carbocycles. The molecule has 0 bridgehead atoms. The van der Waals surface area contributed by atoms with E-state index >= 15 is 0 Å². The van der Waals surface area contributed by atoms with Gasteiger partial charge in [-0.1, -0.05) is 32.4 Å². The van der Waals surface area contributed by atoms with E-state index in [9.17, 15) is 9.90 Å². The number of allylic oxidation sites excluding steroid dienone is 1. The summed E-state index contributed by atoms with van der Waals surface area (Å²) in [5.74, 6) is 4.13. The number of fused-ring (bicyclic) bond motifs is 5. The second-order valence-corrected chi connectivity index (χ2v) is 14.1. The van der Waals surface area contributed by atoms with Gasteiger partial charge < -0.3 is 15.3 Å². The van der Waals surface area contributed by atoms with Crippen LogP contribution >= 0.6 is 0 Å². The summed E-state index contributed by atoms with van der Waals surface area (Å²) in [5, 5.41) is 13.9. The maximum Gasteiger partial charge on any atom is 0.222 e. The van der Waals surface area contributed by atoms with E-state index in [0.29, 0.717) is 35.1 Å². The Morgan fingerprint density at radius 1 is 1.13 bits per heavy atom. The zero-order chi connectivity index (χ0) is 26.5. The van der Waals surface area contributed by atoms with Crippen LogP contribution in [0.2, 0.25) is 0 Å². The molecule has 2 heterocycles. The topological polar surface area (TPSA) is 65.5 Å². The van der Waals surface area contributed by atoms with Crippen LogP contribution < -0.4 is 5.32 Å². The summed E-state index contributed by atoms with van der Waals surface area (Å²) in [5.41, 5.74) is 3.40. The second kappa shape index (κ2) is 10.3. The molecule has 0 unspecified atom stereocenters. The predicted molar refractivity (Wildman–Crippen MR) is 152 cm³/mol. The molecule has 38 heavy (non-hydrogen) atoms. The van der Waals surface area contributed by atoms with E-state index in [-0.39, 0.29) is 6.10 Å². The van der Waals surface area contributed by atoms with Crippen molar-refractivity contribution in [3.63, 3.8) is 0 Å². The van der Waals surface area contributed by atoms with E-state index in [2.05, 4.69) is 42.0 Å². The van der Waals surface area contributed by atoms with Gasteiger partial charge in [0.05, 0.1) is 6.10 Å². The molecule has 1 saturated heterocycles. The highest BCUT2D eigenvalue weighted by Crippen LogP contribution is 2.67. The lowest BCUT2D eigenvalue weighted by Gasteiger charge is -2.58. The summed E-state index contributed by atoms with van der Waals surface area (Å²) in [6.45, 7) is 9.27. The minimum atomic E-state index is -0.122. The minimum Gasteiger partial charge on any atom is -0.393 e. The SMILES string of the molecule is C[C@H](CCC(=O)N1CC[C@H](Nc2ccncc2)C1)[C@H]1CC[C@H]2[C@@H]3CC=C4C[C@@H](O)CC[C@]4(C)[C@H]3CC[C@]12C. The second-order valence-electron chi connectivity index (χ2n) is 14.1. The van der Waals surface area contributed by atoms with Gasteiger partial charge >= 0.3 is 0 Å². The van der Waals surface area contributed by atoms with E-state index in [4.69, 9.17) is 0 Å². The molecule has 4 fully saturated rings. The lowest BCUT2D eigenvalue weighted by molar-refractivity contribution is -0.130. The first-order valence-electron chi connectivity index (χ1n) is 15.6. The van der Waals surface area contributed by atoms with E-state index < -0.39 is 0 Å². The first-order chi connectivity index (χ1) is 18.3. The number of pyridine rings is 1. The number of hydrogen-bond donors (Lipinski definition) is 2. The zero-order valence-corrected chi connectivity index (χ0v) is 23.9. The van der Waals surface area contributed by atoms with Gasteiger partial charge in [-0.2, -0.15) is 0 Å². The summed E-state index contributed by atoms with van der Waals surface area (Å²) in [4.78, 5) is 19.3. The van der Waals surface area contributed by atoms with Crippen LogP contribution in [0.5, 0.6) is 0 Å². The fourth-order valence-corrected chi connectivity index (χ4v) is 10.1. The molecule has 5 nitrogen and oxygen atoms in total. The van der Waals surface area contributed by atoms with Crippen LogP contribution in [-0.4, -0.2) is 46.1 Å². The van der Waals surface area contributed by atoms with Crippen molar-refractivity contribution in [2.75, 3.05) is 18.4 Å². The standard InChI is InChI=1S/C33H49N3O2/c1-22(4-9-31(38)36-19-14-25(21-36)35-24-12-17-34-18-13-24)28-7-8-29-27-6-5-23-20-26(37)10-15-32(23,2)30(27)11-16-33(28,29)3/h5,12-13,17-18,22,25-30,37H,4,6-11,14-16,19-21H2,1-3H3,(H,34,35)/t22-,25+,26+,27+,28-,29+,30+,32+,33-/m1/s1. The van der Waals surface area contributed by atoms with Crippen LogP contribution in [-0.2, 0) is 4.79 Å². The van der Waals surface area contributed by atoms with Crippen molar-refractivity contribution in [2.45, 2.75) is 104 Å². The average Bonchev–Trinajstić information content (AvgIpc) is 3.52. The highest BCUT2D eigenvalue weighted by Gasteiger charge is 2.59. The Balaban J connectivity index is 1.04.